The molecule has 0 spiro atoms. The fourth-order valence-corrected chi connectivity index (χ4v) is 3.37. The zero-order valence-corrected chi connectivity index (χ0v) is 9.84. The van der Waals surface area contributed by atoms with Crippen molar-refractivity contribution in [2.75, 3.05) is 5.73 Å². The van der Waals surface area contributed by atoms with Gasteiger partial charge in [0.2, 0.25) is 0 Å². The molecule has 2 heterocycles. The molecule has 2 nitrogen and oxygen atoms in total. The van der Waals surface area contributed by atoms with E-state index in [4.69, 9.17) is 5.73 Å². The Morgan fingerprint density at radius 1 is 1.12 bits per heavy atom. The number of benzene rings is 2. The average Bonchev–Trinajstić information content (AvgIpc) is 2.91. The number of H-pyrrole nitrogens is 1. The van der Waals surface area contributed by atoms with Crippen LogP contribution in [-0.2, 0) is 0 Å². The van der Waals surface area contributed by atoms with Crippen molar-refractivity contribution >= 4 is 48.9 Å². The van der Waals surface area contributed by atoms with Crippen LogP contribution in [0.2, 0.25) is 0 Å². The van der Waals surface area contributed by atoms with Crippen molar-refractivity contribution in [3.05, 3.63) is 41.8 Å². The zero-order valence-electron chi connectivity index (χ0n) is 9.03. The first-order valence-corrected chi connectivity index (χ1v) is 6.38. The van der Waals surface area contributed by atoms with Gasteiger partial charge in [0.05, 0.1) is 10.2 Å². The summed E-state index contributed by atoms with van der Waals surface area (Å²) in [6.07, 6.45) is 0. The Balaban J connectivity index is 2.41. The summed E-state index contributed by atoms with van der Waals surface area (Å²) in [7, 11) is 0. The SMILES string of the molecule is Nc1cc2ccsc2c2[nH]c3ccccc3c12. The number of nitrogen functional groups attached to an aromatic ring is 1. The van der Waals surface area contributed by atoms with Crippen LogP contribution in [0.1, 0.15) is 0 Å². The predicted molar refractivity (Wildman–Crippen MR) is 75.6 cm³/mol. The lowest BCUT2D eigenvalue weighted by Gasteiger charge is -1.98. The number of aromatic amines is 1. The Hall–Kier alpha value is -2.00. The molecule has 0 unspecified atom stereocenters. The molecule has 82 valence electrons. The fraction of sp³-hybridized carbons (Fsp3) is 0. The van der Waals surface area contributed by atoms with Crippen molar-refractivity contribution in [1.29, 1.82) is 0 Å². The van der Waals surface area contributed by atoms with Crippen LogP contribution in [0.25, 0.3) is 31.9 Å². The molecular weight excluding hydrogens is 228 g/mol. The molecule has 0 saturated heterocycles. The Bertz CT molecular complexity index is 854. The molecule has 3 heteroatoms. The van der Waals surface area contributed by atoms with E-state index < -0.39 is 0 Å². The molecule has 2 aromatic carbocycles. The largest absolute Gasteiger partial charge is 0.398 e. The third-order valence-electron chi connectivity index (χ3n) is 3.23. The lowest BCUT2D eigenvalue weighted by Crippen LogP contribution is -1.85. The van der Waals surface area contributed by atoms with E-state index in [0.717, 1.165) is 22.1 Å². The van der Waals surface area contributed by atoms with Crippen LogP contribution in [0, 0.1) is 0 Å². The van der Waals surface area contributed by atoms with Crippen molar-refractivity contribution in [3.63, 3.8) is 0 Å². The van der Waals surface area contributed by atoms with E-state index >= 15 is 0 Å². The quantitative estimate of drug-likeness (QED) is 0.445. The summed E-state index contributed by atoms with van der Waals surface area (Å²) in [5.74, 6) is 0. The highest BCUT2D eigenvalue weighted by atomic mass is 32.1. The smallest absolute Gasteiger partial charge is 0.0666 e. The second-order valence-corrected chi connectivity index (χ2v) is 5.14. The maximum absolute atomic E-state index is 6.18. The number of hydrogen-bond acceptors (Lipinski definition) is 2. The van der Waals surface area contributed by atoms with E-state index in [9.17, 15) is 0 Å². The van der Waals surface area contributed by atoms with Gasteiger partial charge in [-0.25, -0.2) is 0 Å². The molecule has 0 aliphatic heterocycles. The van der Waals surface area contributed by atoms with Crippen LogP contribution >= 0.6 is 11.3 Å². The van der Waals surface area contributed by atoms with Gasteiger partial charge >= 0.3 is 0 Å². The van der Waals surface area contributed by atoms with Crippen LogP contribution in [0.4, 0.5) is 5.69 Å². The lowest BCUT2D eigenvalue weighted by molar-refractivity contribution is 1.57. The van der Waals surface area contributed by atoms with Crippen molar-refractivity contribution in [3.8, 4) is 0 Å². The number of aromatic nitrogens is 1. The topological polar surface area (TPSA) is 41.8 Å². The summed E-state index contributed by atoms with van der Waals surface area (Å²) < 4.78 is 1.28. The lowest BCUT2D eigenvalue weighted by atomic mass is 10.1. The number of thiophene rings is 1. The number of anilines is 1. The summed E-state index contributed by atoms with van der Waals surface area (Å²) in [5, 5.41) is 5.67. The molecule has 0 radical (unpaired) electrons. The van der Waals surface area contributed by atoms with E-state index in [0.29, 0.717) is 0 Å². The number of fused-ring (bicyclic) bond motifs is 5. The normalized spacial score (nSPS) is 11.8. The van der Waals surface area contributed by atoms with Crippen LogP contribution in [0.5, 0.6) is 0 Å². The molecule has 0 fully saturated rings. The molecular formula is C14H10N2S. The average molecular weight is 238 g/mol. The molecule has 0 aliphatic rings. The Morgan fingerprint density at radius 2 is 2.00 bits per heavy atom. The second-order valence-electron chi connectivity index (χ2n) is 4.23. The van der Waals surface area contributed by atoms with E-state index in [-0.39, 0.29) is 0 Å². The van der Waals surface area contributed by atoms with E-state index in [2.05, 4.69) is 34.6 Å². The van der Waals surface area contributed by atoms with Gasteiger partial charge in [0.25, 0.3) is 0 Å². The highest BCUT2D eigenvalue weighted by Crippen LogP contribution is 2.37. The summed E-state index contributed by atoms with van der Waals surface area (Å²) >= 11 is 1.75. The molecule has 0 aliphatic carbocycles. The van der Waals surface area contributed by atoms with Crippen LogP contribution in [-0.4, -0.2) is 4.98 Å². The minimum atomic E-state index is 0.850. The molecule has 17 heavy (non-hydrogen) atoms. The van der Waals surface area contributed by atoms with Gasteiger partial charge in [-0.15, -0.1) is 11.3 Å². The number of nitrogens with one attached hydrogen (secondary N) is 1. The van der Waals surface area contributed by atoms with E-state index in [1.54, 1.807) is 11.3 Å². The molecule has 0 bridgehead atoms. The second kappa shape index (κ2) is 3.02. The van der Waals surface area contributed by atoms with Crippen molar-refractivity contribution < 1.29 is 0 Å². The van der Waals surface area contributed by atoms with Gasteiger partial charge in [0, 0.05) is 22.0 Å². The minimum absolute atomic E-state index is 0.850. The van der Waals surface area contributed by atoms with Crippen molar-refractivity contribution in [2.24, 2.45) is 0 Å². The maximum Gasteiger partial charge on any atom is 0.0666 e. The fourth-order valence-electron chi connectivity index (χ4n) is 2.49. The Kier molecular flexibility index (Phi) is 1.61. The third kappa shape index (κ3) is 1.09. The monoisotopic (exact) mass is 238 g/mol. The molecule has 4 aromatic rings. The Morgan fingerprint density at radius 3 is 2.94 bits per heavy atom. The predicted octanol–water partition coefficient (Wildman–Crippen LogP) is 4.12. The number of para-hydroxylation sites is 1. The molecule has 0 amide bonds. The zero-order chi connectivity index (χ0) is 11.4. The highest BCUT2D eigenvalue weighted by Gasteiger charge is 2.11. The van der Waals surface area contributed by atoms with Crippen molar-refractivity contribution in [2.45, 2.75) is 0 Å². The first-order valence-electron chi connectivity index (χ1n) is 5.51. The van der Waals surface area contributed by atoms with Gasteiger partial charge in [0.15, 0.2) is 0 Å². The molecule has 4 rings (SSSR count). The number of hydrogen-bond donors (Lipinski definition) is 2. The van der Waals surface area contributed by atoms with Crippen LogP contribution in [0.3, 0.4) is 0 Å². The summed E-state index contributed by atoms with van der Waals surface area (Å²) in [4.78, 5) is 3.48. The van der Waals surface area contributed by atoms with Gasteiger partial charge in [-0.3, -0.25) is 0 Å². The first kappa shape index (κ1) is 9.07. The van der Waals surface area contributed by atoms with E-state index in [1.165, 1.54) is 15.5 Å². The van der Waals surface area contributed by atoms with Gasteiger partial charge in [0.1, 0.15) is 0 Å². The van der Waals surface area contributed by atoms with Crippen molar-refractivity contribution in [1.82, 2.24) is 4.98 Å². The minimum Gasteiger partial charge on any atom is -0.398 e. The van der Waals surface area contributed by atoms with Gasteiger partial charge in [-0.05, 0) is 29.0 Å². The highest BCUT2D eigenvalue weighted by molar-refractivity contribution is 7.18. The molecule has 0 saturated carbocycles. The van der Waals surface area contributed by atoms with Gasteiger partial charge < -0.3 is 10.7 Å². The summed E-state index contributed by atoms with van der Waals surface area (Å²) in [5.41, 5.74) is 9.34. The van der Waals surface area contributed by atoms with E-state index in [1.807, 2.05) is 12.1 Å². The molecule has 0 atom stereocenters. The maximum atomic E-state index is 6.18. The Labute approximate surface area is 102 Å². The number of rotatable bonds is 0. The molecule has 3 N–H and O–H groups in total. The summed E-state index contributed by atoms with van der Waals surface area (Å²) in [6.45, 7) is 0. The number of nitrogens with two attached hydrogens (primary N) is 1. The van der Waals surface area contributed by atoms with Gasteiger partial charge in [-0.1, -0.05) is 18.2 Å². The third-order valence-corrected chi connectivity index (χ3v) is 4.18. The van der Waals surface area contributed by atoms with Crippen LogP contribution in [0.15, 0.2) is 41.8 Å². The van der Waals surface area contributed by atoms with Gasteiger partial charge in [-0.2, -0.15) is 0 Å². The standard InChI is InChI=1S/C14H10N2S/c15-10-7-8-5-6-17-14(8)13-12(10)9-3-1-2-4-11(9)16-13/h1-7,16H,15H2. The molecule has 2 aromatic heterocycles. The van der Waals surface area contributed by atoms with Crippen LogP contribution < -0.4 is 5.73 Å². The first-order chi connectivity index (χ1) is 8.34. The summed E-state index contributed by atoms with van der Waals surface area (Å²) in [6, 6.07) is 12.5.